The molecule has 0 radical (unpaired) electrons. The summed E-state index contributed by atoms with van der Waals surface area (Å²) in [6.07, 6.45) is 1.80. The second-order valence-corrected chi connectivity index (χ2v) is 5.72. The third-order valence-electron chi connectivity index (χ3n) is 2.00. The van der Waals surface area contributed by atoms with Crippen LogP contribution in [-0.4, -0.2) is 40.4 Å². The summed E-state index contributed by atoms with van der Waals surface area (Å²) >= 11 is 4.63. The number of nitrogens with zero attached hydrogens (tertiary/aromatic N) is 2. The number of aromatic amines is 1. The normalized spacial score (nSPS) is 13.6. The Balaban J connectivity index is 2.46. The molecule has 0 fully saturated rings. The number of aromatic nitrogens is 3. The minimum absolute atomic E-state index is 0.0489. The molecule has 0 aliphatic rings. The number of H-pyrrole nitrogens is 1. The highest BCUT2D eigenvalue weighted by Gasteiger charge is 2.22. The van der Waals surface area contributed by atoms with Crippen molar-refractivity contribution in [2.24, 2.45) is 5.73 Å². The third-order valence-corrected chi connectivity index (χ3v) is 4.29. The fourth-order valence-corrected chi connectivity index (χ4v) is 2.26. The highest BCUT2D eigenvalue weighted by Crippen LogP contribution is 1.98. The van der Waals surface area contributed by atoms with E-state index in [2.05, 4.69) is 32.1 Å². The van der Waals surface area contributed by atoms with Crippen molar-refractivity contribution in [2.45, 2.75) is 18.6 Å². The molecule has 0 aliphatic heterocycles. The molecule has 1 heterocycles. The van der Waals surface area contributed by atoms with Crippen LogP contribution in [0.25, 0.3) is 0 Å². The third kappa shape index (κ3) is 3.51. The van der Waals surface area contributed by atoms with Crippen LogP contribution in [0.4, 0.5) is 0 Å². The van der Waals surface area contributed by atoms with Gasteiger partial charge in [0.25, 0.3) is 0 Å². The number of hydrogen-bond acceptors (Lipinski definition) is 5. The molecule has 1 unspecified atom stereocenters. The van der Waals surface area contributed by atoms with Gasteiger partial charge >= 0.3 is 0 Å². The molecule has 16 heavy (non-hydrogen) atoms. The molecular weight excluding hydrogens is 250 g/mol. The molecule has 1 rings (SSSR count). The molecule has 1 aromatic rings. The van der Waals surface area contributed by atoms with Crippen molar-refractivity contribution < 1.29 is 8.42 Å². The molecule has 7 nitrogen and oxygen atoms in total. The number of nitrogens with one attached hydrogen (secondary N) is 2. The SMILES string of the molecule is CC(C(N)=S)S(=O)(=O)NCCc1ncn[nH]1. The van der Waals surface area contributed by atoms with Gasteiger partial charge in [0.1, 0.15) is 17.4 Å². The highest BCUT2D eigenvalue weighted by molar-refractivity contribution is 7.93. The standard InChI is InChI=1S/C7H13N5O2S2/c1-5(7(8)15)16(13,14)11-3-2-6-9-4-10-12-6/h4-5,11H,2-3H2,1H3,(H2,8,15)(H,9,10,12). The first-order valence-electron chi connectivity index (χ1n) is 4.55. The monoisotopic (exact) mass is 263 g/mol. The number of thiocarbonyl (C=S) groups is 1. The maximum atomic E-state index is 11.6. The molecule has 0 aliphatic carbocycles. The van der Waals surface area contributed by atoms with Crippen molar-refractivity contribution in [1.29, 1.82) is 0 Å². The zero-order valence-corrected chi connectivity index (χ0v) is 10.3. The molecule has 1 aromatic heterocycles. The van der Waals surface area contributed by atoms with Gasteiger partial charge in [0.05, 0.1) is 4.99 Å². The Bertz CT molecular complexity index is 441. The summed E-state index contributed by atoms with van der Waals surface area (Å²) in [5.41, 5.74) is 5.27. The largest absolute Gasteiger partial charge is 0.392 e. The summed E-state index contributed by atoms with van der Waals surface area (Å²) in [6.45, 7) is 1.67. The van der Waals surface area contributed by atoms with Gasteiger partial charge in [-0.3, -0.25) is 5.10 Å². The Labute approximate surface area is 98.9 Å². The summed E-state index contributed by atoms with van der Waals surface area (Å²) in [5.74, 6) is 0.616. The quantitative estimate of drug-likeness (QED) is 0.564. The van der Waals surface area contributed by atoms with Crippen molar-refractivity contribution in [2.75, 3.05) is 6.54 Å². The van der Waals surface area contributed by atoms with Gasteiger partial charge in [-0.15, -0.1) is 0 Å². The smallest absolute Gasteiger partial charge is 0.220 e. The number of rotatable bonds is 6. The zero-order valence-electron chi connectivity index (χ0n) is 8.67. The molecule has 0 spiro atoms. The molecule has 4 N–H and O–H groups in total. The molecule has 0 saturated heterocycles. The second-order valence-electron chi connectivity index (χ2n) is 3.17. The minimum atomic E-state index is -3.49. The van der Waals surface area contributed by atoms with E-state index in [9.17, 15) is 8.42 Å². The fraction of sp³-hybridized carbons (Fsp3) is 0.571. The van der Waals surface area contributed by atoms with Crippen molar-refractivity contribution >= 4 is 27.2 Å². The highest BCUT2D eigenvalue weighted by atomic mass is 32.2. The fourth-order valence-electron chi connectivity index (χ4n) is 0.941. The van der Waals surface area contributed by atoms with Crippen LogP contribution in [0.1, 0.15) is 12.7 Å². The van der Waals surface area contributed by atoms with Crippen LogP contribution < -0.4 is 10.5 Å². The van der Waals surface area contributed by atoms with Gasteiger partial charge in [-0.2, -0.15) is 5.10 Å². The lowest BCUT2D eigenvalue weighted by Crippen LogP contribution is -2.40. The molecular formula is C7H13N5O2S2. The van der Waals surface area contributed by atoms with Crippen molar-refractivity contribution in [3.05, 3.63) is 12.2 Å². The molecule has 90 valence electrons. The van der Waals surface area contributed by atoms with E-state index in [-0.39, 0.29) is 11.5 Å². The minimum Gasteiger partial charge on any atom is -0.392 e. The summed E-state index contributed by atoms with van der Waals surface area (Å²) in [5, 5.41) is 5.40. The summed E-state index contributed by atoms with van der Waals surface area (Å²) in [6, 6.07) is 0. The van der Waals surface area contributed by atoms with E-state index in [1.165, 1.54) is 13.3 Å². The van der Waals surface area contributed by atoms with Gasteiger partial charge in [-0.1, -0.05) is 12.2 Å². The molecule has 1 atom stereocenters. The van der Waals surface area contributed by atoms with E-state index in [1.54, 1.807) is 0 Å². The first-order chi connectivity index (χ1) is 7.43. The van der Waals surface area contributed by atoms with E-state index >= 15 is 0 Å². The first-order valence-corrected chi connectivity index (χ1v) is 6.51. The Kier molecular flexibility index (Phi) is 4.33. The van der Waals surface area contributed by atoms with Crippen LogP contribution in [0.5, 0.6) is 0 Å². The Morgan fingerprint density at radius 2 is 2.44 bits per heavy atom. The lowest BCUT2D eigenvalue weighted by atomic mass is 10.4. The van der Waals surface area contributed by atoms with Crippen LogP contribution in [-0.2, 0) is 16.4 Å². The average molecular weight is 263 g/mol. The summed E-state index contributed by atoms with van der Waals surface area (Å²) in [7, 11) is -3.49. The Morgan fingerprint density at radius 1 is 1.75 bits per heavy atom. The van der Waals surface area contributed by atoms with E-state index in [0.29, 0.717) is 12.2 Å². The van der Waals surface area contributed by atoms with Crippen LogP contribution in [0.15, 0.2) is 6.33 Å². The Hall–Kier alpha value is -1.06. The van der Waals surface area contributed by atoms with Gasteiger partial charge in [-0.25, -0.2) is 18.1 Å². The van der Waals surface area contributed by atoms with Gasteiger partial charge < -0.3 is 5.73 Å². The zero-order chi connectivity index (χ0) is 12.2. The topological polar surface area (TPSA) is 114 Å². The number of nitrogens with two attached hydrogens (primary N) is 1. The summed E-state index contributed by atoms with van der Waals surface area (Å²) < 4.78 is 25.5. The predicted molar refractivity (Wildman–Crippen MR) is 63.3 cm³/mol. The van der Waals surface area contributed by atoms with Gasteiger partial charge in [-0.05, 0) is 6.92 Å². The second kappa shape index (κ2) is 5.32. The molecule has 0 bridgehead atoms. The Morgan fingerprint density at radius 3 is 2.94 bits per heavy atom. The predicted octanol–water partition coefficient (Wildman–Crippen LogP) is -1.06. The van der Waals surface area contributed by atoms with Crippen LogP contribution in [0.3, 0.4) is 0 Å². The van der Waals surface area contributed by atoms with E-state index in [0.717, 1.165) is 0 Å². The van der Waals surface area contributed by atoms with Crippen molar-refractivity contribution in [3.63, 3.8) is 0 Å². The van der Waals surface area contributed by atoms with Crippen LogP contribution in [0.2, 0.25) is 0 Å². The van der Waals surface area contributed by atoms with E-state index in [1.807, 2.05) is 0 Å². The van der Waals surface area contributed by atoms with Crippen LogP contribution in [0, 0.1) is 0 Å². The molecule has 0 saturated carbocycles. The van der Waals surface area contributed by atoms with E-state index in [4.69, 9.17) is 5.73 Å². The first kappa shape index (κ1) is 13.0. The maximum Gasteiger partial charge on any atom is 0.220 e. The average Bonchev–Trinajstić information content (AvgIpc) is 2.69. The van der Waals surface area contributed by atoms with E-state index < -0.39 is 15.3 Å². The van der Waals surface area contributed by atoms with Gasteiger partial charge in [0, 0.05) is 13.0 Å². The van der Waals surface area contributed by atoms with Crippen molar-refractivity contribution in [3.8, 4) is 0 Å². The maximum absolute atomic E-state index is 11.6. The number of hydrogen-bond donors (Lipinski definition) is 3. The molecule has 0 aromatic carbocycles. The lowest BCUT2D eigenvalue weighted by molar-refractivity contribution is 0.578. The lowest BCUT2D eigenvalue weighted by Gasteiger charge is -2.11. The number of sulfonamides is 1. The molecule has 0 amide bonds. The molecule has 9 heteroatoms. The van der Waals surface area contributed by atoms with Gasteiger partial charge in [0.2, 0.25) is 10.0 Å². The van der Waals surface area contributed by atoms with Gasteiger partial charge in [0.15, 0.2) is 0 Å². The van der Waals surface area contributed by atoms with Crippen LogP contribution >= 0.6 is 12.2 Å². The summed E-state index contributed by atoms with van der Waals surface area (Å²) in [4.78, 5) is 3.81. The van der Waals surface area contributed by atoms with Crippen molar-refractivity contribution in [1.82, 2.24) is 19.9 Å².